The lowest BCUT2D eigenvalue weighted by molar-refractivity contribution is 0.102. The number of carbonyl (C=O) groups excluding carboxylic acids is 1. The van der Waals surface area contributed by atoms with Crippen LogP contribution in [-0.2, 0) is 12.8 Å². The summed E-state index contributed by atoms with van der Waals surface area (Å²) in [5, 5.41) is 4.91. The van der Waals surface area contributed by atoms with Crippen LogP contribution in [0.1, 0.15) is 34.1 Å². The van der Waals surface area contributed by atoms with Crippen LogP contribution in [0.3, 0.4) is 0 Å². The molecule has 0 saturated carbocycles. The highest BCUT2D eigenvalue weighted by Crippen LogP contribution is 2.33. The van der Waals surface area contributed by atoms with Gasteiger partial charge < -0.3 is 5.32 Å². The van der Waals surface area contributed by atoms with Crippen molar-refractivity contribution in [3.05, 3.63) is 45.9 Å². The average Bonchev–Trinajstić information content (AvgIpc) is 2.82. The highest BCUT2D eigenvalue weighted by Gasteiger charge is 2.23. The van der Waals surface area contributed by atoms with Crippen molar-refractivity contribution in [3.8, 4) is 0 Å². The molecule has 1 aliphatic carbocycles. The van der Waals surface area contributed by atoms with Gasteiger partial charge in [0.1, 0.15) is 0 Å². The van der Waals surface area contributed by atoms with E-state index in [-0.39, 0.29) is 5.91 Å². The number of fused-ring (bicyclic) bond motifs is 1. The van der Waals surface area contributed by atoms with Crippen LogP contribution in [0.2, 0.25) is 0 Å². The molecule has 0 bridgehead atoms. The van der Waals surface area contributed by atoms with Gasteiger partial charge in [0.05, 0.1) is 17.4 Å². The minimum Gasteiger partial charge on any atom is -0.321 e. The fraction of sp³-hybridized carbons (Fsp3) is 0.333. The molecule has 0 aromatic carbocycles. The van der Waals surface area contributed by atoms with Gasteiger partial charge in [-0.05, 0) is 42.9 Å². The molecular formula is C15H16N2OS. The third-order valence-electron chi connectivity index (χ3n) is 3.57. The molecule has 0 spiro atoms. The number of hydrogen-bond acceptors (Lipinski definition) is 3. The summed E-state index contributed by atoms with van der Waals surface area (Å²) < 4.78 is 0. The van der Waals surface area contributed by atoms with Crippen LogP contribution >= 0.6 is 11.3 Å². The van der Waals surface area contributed by atoms with Gasteiger partial charge in [-0.15, -0.1) is 11.3 Å². The summed E-state index contributed by atoms with van der Waals surface area (Å²) >= 11 is 1.72. The summed E-state index contributed by atoms with van der Waals surface area (Å²) in [5.41, 5.74) is 2.84. The lowest BCUT2D eigenvalue weighted by Gasteiger charge is -2.18. The molecule has 1 aliphatic rings. The number of carbonyl (C=O) groups is 1. The maximum atomic E-state index is 12.3. The van der Waals surface area contributed by atoms with E-state index in [2.05, 4.69) is 17.2 Å². The van der Waals surface area contributed by atoms with E-state index in [0.717, 1.165) is 30.0 Å². The molecule has 0 unspecified atom stereocenters. The molecule has 1 N–H and O–H groups in total. The van der Waals surface area contributed by atoms with Crippen LogP contribution in [-0.4, -0.2) is 10.9 Å². The summed E-state index contributed by atoms with van der Waals surface area (Å²) in [5.74, 6) is 0.723. The molecule has 3 nitrogen and oxygen atoms in total. The number of nitrogens with zero attached hydrogens (tertiary/aromatic N) is 1. The van der Waals surface area contributed by atoms with E-state index in [1.807, 2.05) is 17.5 Å². The topological polar surface area (TPSA) is 42.0 Å². The number of rotatable bonds is 2. The Balaban J connectivity index is 1.81. The van der Waals surface area contributed by atoms with E-state index in [9.17, 15) is 4.79 Å². The molecule has 4 heteroatoms. The zero-order chi connectivity index (χ0) is 13.2. The molecule has 0 saturated heterocycles. The van der Waals surface area contributed by atoms with Gasteiger partial charge in [0.15, 0.2) is 0 Å². The highest BCUT2D eigenvalue weighted by atomic mass is 32.1. The number of amides is 1. The number of nitrogens with one attached hydrogen (secondary N) is 1. The van der Waals surface area contributed by atoms with Crippen LogP contribution in [0.15, 0.2) is 29.9 Å². The molecular weight excluding hydrogens is 256 g/mol. The zero-order valence-electron chi connectivity index (χ0n) is 10.8. The summed E-state index contributed by atoms with van der Waals surface area (Å²) in [6, 6.07) is 3.67. The van der Waals surface area contributed by atoms with Crippen molar-refractivity contribution in [1.29, 1.82) is 0 Å². The number of aromatic nitrogens is 1. The maximum Gasteiger partial charge on any atom is 0.256 e. The quantitative estimate of drug-likeness (QED) is 0.909. The van der Waals surface area contributed by atoms with Gasteiger partial charge >= 0.3 is 0 Å². The standard InChI is InChI=1S/C15H16N2OS/c1-10-4-5-12-13(9-19-14(12)7-10)15(18)17-11-3-2-6-16-8-11/h2-3,6,8-10H,4-5,7H2,1H3,(H,17,18)/t10-/m0/s1. The molecule has 3 rings (SSSR count). The summed E-state index contributed by atoms with van der Waals surface area (Å²) in [6.45, 7) is 2.28. The molecule has 0 aliphatic heterocycles. The predicted octanol–water partition coefficient (Wildman–Crippen LogP) is 3.52. The minimum atomic E-state index is -0.0138. The van der Waals surface area contributed by atoms with E-state index in [0.29, 0.717) is 0 Å². The van der Waals surface area contributed by atoms with E-state index in [4.69, 9.17) is 0 Å². The molecule has 2 heterocycles. The van der Waals surface area contributed by atoms with Crippen LogP contribution < -0.4 is 5.32 Å². The first kappa shape index (κ1) is 12.4. The Morgan fingerprint density at radius 1 is 1.53 bits per heavy atom. The van der Waals surface area contributed by atoms with Gasteiger partial charge in [-0.25, -0.2) is 0 Å². The Labute approximate surface area is 116 Å². The van der Waals surface area contributed by atoms with Crippen molar-refractivity contribution >= 4 is 22.9 Å². The lowest BCUT2D eigenvalue weighted by Crippen LogP contribution is -2.16. The zero-order valence-corrected chi connectivity index (χ0v) is 11.7. The van der Waals surface area contributed by atoms with Crippen molar-refractivity contribution in [2.75, 3.05) is 5.32 Å². The Morgan fingerprint density at radius 2 is 2.42 bits per heavy atom. The van der Waals surface area contributed by atoms with E-state index < -0.39 is 0 Å². The maximum absolute atomic E-state index is 12.3. The summed E-state index contributed by atoms with van der Waals surface area (Å²) in [4.78, 5) is 17.7. The monoisotopic (exact) mass is 272 g/mol. The first-order valence-corrected chi connectivity index (χ1v) is 7.42. The van der Waals surface area contributed by atoms with Crippen molar-refractivity contribution in [2.45, 2.75) is 26.2 Å². The molecule has 1 atom stereocenters. The van der Waals surface area contributed by atoms with Crippen LogP contribution in [0, 0.1) is 5.92 Å². The van der Waals surface area contributed by atoms with E-state index >= 15 is 0 Å². The first-order valence-electron chi connectivity index (χ1n) is 6.54. The van der Waals surface area contributed by atoms with Crippen molar-refractivity contribution in [1.82, 2.24) is 4.98 Å². The Bertz CT molecular complexity index is 591. The van der Waals surface area contributed by atoms with Crippen molar-refractivity contribution in [2.24, 2.45) is 5.92 Å². The molecule has 98 valence electrons. The Morgan fingerprint density at radius 3 is 3.21 bits per heavy atom. The molecule has 0 fully saturated rings. The molecule has 2 aromatic heterocycles. The second-order valence-electron chi connectivity index (χ2n) is 5.09. The SMILES string of the molecule is C[C@H]1CCc2c(C(=O)Nc3cccnc3)csc2C1. The third kappa shape index (κ3) is 2.54. The number of pyridine rings is 1. The Kier molecular flexibility index (Phi) is 3.34. The second-order valence-corrected chi connectivity index (χ2v) is 6.06. The van der Waals surface area contributed by atoms with Gasteiger partial charge in [-0.2, -0.15) is 0 Å². The van der Waals surface area contributed by atoms with E-state index in [1.54, 1.807) is 23.7 Å². The second kappa shape index (κ2) is 5.13. The van der Waals surface area contributed by atoms with Gasteiger partial charge in [-0.3, -0.25) is 9.78 Å². The molecule has 0 radical (unpaired) electrons. The normalized spacial score (nSPS) is 17.8. The Hall–Kier alpha value is -1.68. The van der Waals surface area contributed by atoms with Crippen molar-refractivity contribution in [3.63, 3.8) is 0 Å². The van der Waals surface area contributed by atoms with Crippen LogP contribution in [0.5, 0.6) is 0 Å². The fourth-order valence-electron chi connectivity index (χ4n) is 2.50. The number of hydrogen-bond donors (Lipinski definition) is 1. The average molecular weight is 272 g/mol. The summed E-state index contributed by atoms with van der Waals surface area (Å²) in [6.07, 6.45) is 6.68. The lowest BCUT2D eigenvalue weighted by atomic mass is 9.88. The van der Waals surface area contributed by atoms with Crippen molar-refractivity contribution < 1.29 is 4.79 Å². The highest BCUT2D eigenvalue weighted by molar-refractivity contribution is 7.10. The molecule has 19 heavy (non-hydrogen) atoms. The summed E-state index contributed by atoms with van der Waals surface area (Å²) in [7, 11) is 0. The minimum absolute atomic E-state index is 0.0138. The molecule has 1 amide bonds. The molecule has 2 aromatic rings. The number of anilines is 1. The predicted molar refractivity (Wildman–Crippen MR) is 77.7 cm³/mol. The third-order valence-corrected chi connectivity index (χ3v) is 4.62. The first-order chi connectivity index (χ1) is 9.24. The van der Waals surface area contributed by atoms with Gasteiger partial charge in [-0.1, -0.05) is 6.92 Å². The van der Waals surface area contributed by atoms with Gasteiger partial charge in [0, 0.05) is 16.5 Å². The van der Waals surface area contributed by atoms with Gasteiger partial charge in [0.25, 0.3) is 5.91 Å². The van der Waals surface area contributed by atoms with Crippen LogP contribution in [0.4, 0.5) is 5.69 Å². The number of thiophene rings is 1. The van der Waals surface area contributed by atoms with E-state index in [1.165, 1.54) is 16.9 Å². The van der Waals surface area contributed by atoms with Crippen LogP contribution in [0.25, 0.3) is 0 Å². The smallest absolute Gasteiger partial charge is 0.256 e. The van der Waals surface area contributed by atoms with Gasteiger partial charge in [0.2, 0.25) is 0 Å². The largest absolute Gasteiger partial charge is 0.321 e. The fourth-order valence-corrected chi connectivity index (χ4v) is 3.75.